The van der Waals surface area contributed by atoms with E-state index in [0.29, 0.717) is 50.8 Å². The standard InChI is InChI=1S/C28H27Cl2F2NO7/c1-35-22-7-5-17(9-25(22)36-2)15-38-28(34)40-24(11-19-20(29)12-33-13-21(19)30)18-6-8-23(39-27(31)32)26(10-18)37-14-16-3-4-16/h5-10,12-13,16,24,27H,3-4,11,14-15H2,1-2H3/p+1/t24-/m0/s1. The molecule has 0 spiro atoms. The van der Waals surface area contributed by atoms with Crippen molar-refractivity contribution in [1.82, 2.24) is 0 Å². The van der Waals surface area contributed by atoms with Gasteiger partial charge in [-0.1, -0.05) is 35.3 Å². The maximum Gasteiger partial charge on any atom is 0.509 e. The molecule has 2 aromatic carbocycles. The molecule has 1 aliphatic carbocycles. The van der Waals surface area contributed by atoms with Crippen molar-refractivity contribution in [1.29, 1.82) is 0 Å². The predicted octanol–water partition coefficient (Wildman–Crippen LogP) is 6.85. The summed E-state index contributed by atoms with van der Waals surface area (Å²) in [5, 5.41) is 0.644. The van der Waals surface area contributed by atoms with Crippen LogP contribution in [0.1, 0.15) is 35.6 Å². The summed E-state index contributed by atoms with van der Waals surface area (Å²) in [6, 6.07) is 9.44. The van der Waals surface area contributed by atoms with E-state index in [4.69, 9.17) is 46.9 Å². The van der Waals surface area contributed by atoms with E-state index >= 15 is 0 Å². The first-order valence-corrected chi connectivity index (χ1v) is 13.1. The maximum atomic E-state index is 13.0. The summed E-state index contributed by atoms with van der Waals surface area (Å²) < 4.78 is 58.0. The second-order valence-electron chi connectivity index (χ2n) is 9.01. The number of carbonyl (C=O) groups is 1. The topological polar surface area (TPSA) is 86.6 Å². The zero-order chi connectivity index (χ0) is 28.6. The third kappa shape index (κ3) is 8.02. The normalized spacial score (nSPS) is 13.5. The molecule has 4 rings (SSSR count). The summed E-state index contributed by atoms with van der Waals surface area (Å²) in [7, 11) is 3.02. The van der Waals surface area contributed by atoms with Crippen LogP contribution in [0.3, 0.4) is 0 Å². The molecule has 12 heteroatoms. The molecule has 0 aliphatic heterocycles. The Morgan fingerprint density at radius 3 is 2.33 bits per heavy atom. The summed E-state index contributed by atoms with van der Waals surface area (Å²) in [5.74, 6) is 1.35. The second-order valence-corrected chi connectivity index (χ2v) is 9.82. The Balaban J connectivity index is 1.56. The molecule has 1 fully saturated rings. The van der Waals surface area contributed by atoms with E-state index in [2.05, 4.69) is 9.72 Å². The molecular formula is C28H28Cl2F2NO7+. The van der Waals surface area contributed by atoms with Crippen LogP contribution in [0.5, 0.6) is 23.0 Å². The molecule has 1 aromatic heterocycles. The first kappa shape index (κ1) is 29.5. The highest BCUT2D eigenvalue weighted by Gasteiger charge is 2.26. The lowest BCUT2D eigenvalue weighted by Gasteiger charge is -2.21. The Labute approximate surface area is 240 Å². The zero-order valence-electron chi connectivity index (χ0n) is 21.8. The van der Waals surface area contributed by atoms with Crippen molar-refractivity contribution in [3.63, 3.8) is 0 Å². The Hall–Kier alpha value is -3.50. The van der Waals surface area contributed by atoms with Gasteiger partial charge in [0.15, 0.2) is 35.4 Å². The SMILES string of the molecule is COc1ccc(COC(=O)O[C@@H](Cc2c(Cl)c[nH+]cc2Cl)c2ccc(OC(F)F)c(OCC3CC3)c2)cc1OC. The minimum atomic E-state index is -3.04. The fourth-order valence-corrected chi connectivity index (χ4v) is 4.40. The monoisotopic (exact) mass is 598 g/mol. The van der Waals surface area contributed by atoms with Gasteiger partial charge in [0.2, 0.25) is 0 Å². The Kier molecular flexibility index (Phi) is 10.1. The van der Waals surface area contributed by atoms with Gasteiger partial charge in [-0.3, -0.25) is 0 Å². The second kappa shape index (κ2) is 13.7. The number of benzene rings is 2. The van der Waals surface area contributed by atoms with Crippen molar-refractivity contribution in [2.75, 3.05) is 20.8 Å². The minimum absolute atomic E-state index is 0.0644. The zero-order valence-corrected chi connectivity index (χ0v) is 23.3. The summed E-state index contributed by atoms with van der Waals surface area (Å²) >= 11 is 12.7. The number of aromatic amines is 1. The molecule has 0 unspecified atom stereocenters. The van der Waals surface area contributed by atoms with Crippen molar-refractivity contribution in [3.05, 3.63) is 75.5 Å². The quantitative estimate of drug-likeness (QED) is 0.199. The first-order chi connectivity index (χ1) is 19.3. The molecule has 40 heavy (non-hydrogen) atoms. The summed E-state index contributed by atoms with van der Waals surface area (Å²) in [6.45, 7) is -2.79. The summed E-state index contributed by atoms with van der Waals surface area (Å²) in [5.41, 5.74) is 1.59. The van der Waals surface area contributed by atoms with Gasteiger partial charge < -0.3 is 28.4 Å². The third-order valence-corrected chi connectivity index (χ3v) is 6.83. The maximum absolute atomic E-state index is 13.0. The Morgan fingerprint density at radius 1 is 0.975 bits per heavy atom. The molecule has 0 saturated heterocycles. The molecule has 1 saturated carbocycles. The van der Waals surface area contributed by atoms with E-state index in [1.165, 1.54) is 32.4 Å². The largest absolute Gasteiger partial charge is 0.509 e. The molecule has 3 aromatic rings. The third-order valence-electron chi connectivity index (χ3n) is 6.16. The van der Waals surface area contributed by atoms with E-state index in [-0.39, 0.29) is 24.5 Å². The van der Waals surface area contributed by atoms with E-state index in [0.717, 1.165) is 12.8 Å². The highest BCUT2D eigenvalue weighted by atomic mass is 35.5. The lowest BCUT2D eigenvalue weighted by molar-refractivity contribution is -0.377. The van der Waals surface area contributed by atoms with Gasteiger partial charge in [0.25, 0.3) is 0 Å². The highest BCUT2D eigenvalue weighted by Crippen LogP contribution is 2.38. The van der Waals surface area contributed by atoms with Gasteiger partial charge in [-0.05, 0) is 54.2 Å². The van der Waals surface area contributed by atoms with Crippen LogP contribution in [0.4, 0.5) is 13.6 Å². The number of halogens is 4. The number of carbonyl (C=O) groups excluding carboxylic acids is 1. The lowest BCUT2D eigenvalue weighted by atomic mass is 10.0. The molecule has 1 heterocycles. The van der Waals surface area contributed by atoms with Gasteiger partial charge in [0.1, 0.15) is 22.8 Å². The lowest BCUT2D eigenvalue weighted by Crippen LogP contribution is -2.17. The van der Waals surface area contributed by atoms with Gasteiger partial charge in [0, 0.05) is 12.0 Å². The smallest absolute Gasteiger partial charge is 0.493 e. The van der Waals surface area contributed by atoms with Crippen molar-refractivity contribution in [2.45, 2.75) is 38.6 Å². The highest BCUT2D eigenvalue weighted by molar-refractivity contribution is 6.35. The molecule has 0 radical (unpaired) electrons. The number of alkyl halides is 2. The fourth-order valence-electron chi connectivity index (χ4n) is 3.87. The van der Waals surface area contributed by atoms with E-state index in [9.17, 15) is 13.6 Å². The number of nitrogens with one attached hydrogen (secondary N) is 1. The minimum Gasteiger partial charge on any atom is -0.493 e. The molecule has 8 nitrogen and oxygen atoms in total. The number of ether oxygens (including phenoxy) is 6. The molecule has 1 aliphatic rings. The van der Waals surface area contributed by atoms with Crippen LogP contribution in [0, 0.1) is 5.92 Å². The molecule has 0 bridgehead atoms. The number of H-pyrrole nitrogens is 1. The van der Waals surface area contributed by atoms with Gasteiger partial charge in [-0.2, -0.15) is 8.78 Å². The number of pyridine rings is 1. The van der Waals surface area contributed by atoms with Gasteiger partial charge >= 0.3 is 12.8 Å². The van der Waals surface area contributed by atoms with Crippen LogP contribution in [0.25, 0.3) is 0 Å². The first-order valence-electron chi connectivity index (χ1n) is 12.4. The van der Waals surface area contributed by atoms with Crippen molar-refractivity contribution >= 4 is 29.4 Å². The van der Waals surface area contributed by atoms with Gasteiger partial charge in [-0.25, -0.2) is 9.78 Å². The van der Waals surface area contributed by atoms with Gasteiger partial charge in [-0.15, -0.1) is 0 Å². The fraction of sp³-hybridized carbons (Fsp3) is 0.357. The van der Waals surface area contributed by atoms with Gasteiger partial charge in [0.05, 0.1) is 20.8 Å². The molecule has 0 amide bonds. The van der Waals surface area contributed by atoms with Crippen LogP contribution in [0.2, 0.25) is 10.0 Å². The van der Waals surface area contributed by atoms with Crippen LogP contribution in [-0.2, 0) is 22.5 Å². The Morgan fingerprint density at radius 2 is 1.68 bits per heavy atom. The van der Waals surface area contributed by atoms with Crippen molar-refractivity contribution in [3.8, 4) is 23.0 Å². The average Bonchev–Trinajstić information content (AvgIpc) is 3.77. The Bertz CT molecular complexity index is 1300. The van der Waals surface area contributed by atoms with E-state index in [1.54, 1.807) is 30.6 Å². The molecule has 1 N–H and O–H groups in total. The van der Waals surface area contributed by atoms with Crippen molar-refractivity contribution in [2.24, 2.45) is 5.92 Å². The molecule has 1 atom stereocenters. The van der Waals surface area contributed by atoms with Crippen LogP contribution in [-0.4, -0.2) is 33.6 Å². The van der Waals surface area contributed by atoms with E-state index < -0.39 is 18.9 Å². The number of rotatable bonds is 13. The number of methoxy groups -OCH3 is 2. The number of hydrogen-bond acceptors (Lipinski definition) is 7. The summed E-state index contributed by atoms with van der Waals surface area (Å²) in [4.78, 5) is 15.7. The summed E-state index contributed by atoms with van der Waals surface area (Å²) in [6.07, 6.45) is 3.23. The van der Waals surface area contributed by atoms with Crippen LogP contribution >= 0.6 is 23.2 Å². The van der Waals surface area contributed by atoms with Crippen LogP contribution < -0.4 is 23.9 Å². The molecule has 214 valence electrons. The van der Waals surface area contributed by atoms with E-state index in [1.807, 2.05) is 0 Å². The van der Waals surface area contributed by atoms with Crippen LogP contribution in [0.15, 0.2) is 48.8 Å². The average molecular weight is 599 g/mol. The predicted molar refractivity (Wildman–Crippen MR) is 142 cm³/mol. The van der Waals surface area contributed by atoms with Crippen molar-refractivity contribution < 1.29 is 47.0 Å². The number of hydrogen-bond donors (Lipinski definition) is 0. The molecular weight excluding hydrogens is 571 g/mol. The number of aromatic nitrogens is 1.